The molecule has 0 aliphatic heterocycles. The fourth-order valence-electron chi connectivity index (χ4n) is 3.43. The summed E-state index contributed by atoms with van der Waals surface area (Å²) in [7, 11) is 0. The van der Waals surface area contributed by atoms with Gasteiger partial charge in [-0.05, 0) is 43.9 Å². The Kier molecular flexibility index (Phi) is 4.58. The smallest absolute Gasteiger partial charge is 0.267 e. The Bertz CT molecular complexity index is 1040. The van der Waals surface area contributed by atoms with Crippen molar-refractivity contribution in [2.45, 2.75) is 32.7 Å². The number of carbonyl (C=O) groups excluding carboxylic acids is 1. The normalized spacial score (nSPS) is 12.8. The Balaban J connectivity index is 1.42. The molecule has 0 fully saturated rings. The Morgan fingerprint density at radius 3 is 2.85 bits per heavy atom. The molecule has 0 saturated heterocycles. The number of carbonyl (C=O) groups is 1. The van der Waals surface area contributed by atoms with Crippen molar-refractivity contribution in [3.63, 3.8) is 0 Å². The molecule has 2 aromatic heterocycles. The summed E-state index contributed by atoms with van der Waals surface area (Å²) in [5, 5.41) is 11.6. The van der Waals surface area contributed by atoms with Crippen molar-refractivity contribution >= 4 is 5.91 Å². The molecule has 4 rings (SSSR count). The highest BCUT2D eigenvalue weighted by Gasteiger charge is 2.16. The quantitative estimate of drug-likeness (QED) is 0.747. The summed E-state index contributed by atoms with van der Waals surface area (Å²) in [5.41, 5.74) is 4.14. The number of aryl methyl sites for hydroxylation is 2. The van der Waals surface area contributed by atoms with E-state index >= 15 is 0 Å². The number of benzene rings is 1. The minimum Gasteiger partial charge on any atom is -0.350 e. The first kappa shape index (κ1) is 17.2. The second-order valence-electron chi connectivity index (χ2n) is 6.68. The highest BCUT2D eigenvalue weighted by atomic mass is 16.2. The first-order chi connectivity index (χ1) is 13.1. The average molecular weight is 363 g/mol. The Labute approximate surface area is 156 Å². The number of amides is 1. The van der Waals surface area contributed by atoms with Crippen LogP contribution in [0, 0.1) is 6.92 Å². The summed E-state index contributed by atoms with van der Waals surface area (Å²) in [4.78, 5) is 24.6. The second-order valence-corrected chi connectivity index (χ2v) is 6.68. The summed E-state index contributed by atoms with van der Waals surface area (Å²) < 4.78 is 3.17. The molecule has 1 aliphatic rings. The average Bonchev–Trinajstić information content (AvgIpc) is 3.28. The van der Waals surface area contributed by atoms with Crippen LogP contribution in [0.2, 0.25) is 0 Å². The Morgan fingerprint density at radius 1 is 1.22 bits per heavy atom. The lowest BCUT2D eigenvalue weighted by molar-refractivity contribution is 0.0951. The van der Waals surface area contributed by atoms with E-state index in [0.29, 0.717) is 18.7 Å². The molecule has 1 N–H and O–H groups in total. The van der Waals surface area contributed by atoms with Crippen LogP contribution >= 0.6 is 0 Å². The first-order valence-electron chi connectivity index (χ1n) is 9.11. The zero-order valence-electron chi connectivity index (χ0n) is 15.2. The maximum Gasteiger partial charge on any atom is 0.267 e. The summed E-state index contributed by atoms with van der Waals surface area (Å²) in [6.45, 7) is 2.55. The number of aromatic nitrogens is 4. The molecule has 0 unspecified atom stereocenters. The van der Waals surface area contributed by atoms with Crippen molar-refractivity contribution in [2.24, 2.45) is 0 Å². The lowest BCUT2D eigenvalue weighted by Crippen LogP contribution is -2.32. The van der Waals surface area contributed by atoms with Gasteiger partial charge in [-0.3, -0.25) is 9.59 Å². The predicted molar refractivity (Wildman–Crippen MR) is 101 cm³/mol. The summed E-state index contributed by atoms with van der Waals surface area (Å²) in [6.07, 6.45) is 4.46. The summed E-state index contributed by atoms with van der Waals surface area (Å²) >= 11 is 0. The molecule has 1 aliphatic carbocycles. The largest absolute Gasteiger partial charge is 0.350 e. The molecule has 1 amide bonds. The number of nitrogens with zero attached hydrogens (tertiary/aromatic N) is 4. The highest BCUT2D eigenvalue weighted by Crippen LogP contribution is 2.17. The van der Waals surface area contributed by atoms with Crippen LogP contribution < -0.4 is 10.9 Å². The van der Waals surface area contributed by atoms with Crippen LogP contribution in [0.15, 0.2) is 47.4 Å². The van der Waals surface area contributed by atoms with E-state index in [-0.39, 0.29) is 11.5 Å². The Morgan fingerprint density at radius 2 is 2.04 bits per heavy atom. The molecule has 1 aromatic carbocycles. The van der Waals surface area contributed by atoms with Gasteiger partial charge in [0.25, 0.3) is 11.5 Å². The molecule has 7 heteroatoms. The molecule has 27 heavy (non-hydrogen) atoms. The van der Waals surface area contributed by atoms with Gasteiger partial charge >= 0.3 is 0 Å². The van der Waals surface area contributed by atoms with Crippen molar-refractivity contribution in [1.29, 1.82) is 0 Å². The van der Waals surface area contributed by atoms with Crippen LogP contribution in [0.3, 0.4) is 0 Å². The van der Waals surface area contributed by atoms with Crippen LogP contribution in [-0.4, -0.2) is 32.0 Å². The van der Waals surface area contributed by atoms with Gasteiger partial charge in [0.15, 0.2) is 0 Å². The van der Waals surface area contributed by atoms with Crippen LogP contribution in [0.4, 0.5) is 0 Å². The molecular formula is C20H21N5O2. The number of nitrogens with one attached hydrogen (secondary N) is 1. The van der Waals surface area contributed by atoms with E-state index < -0.39 is 0 Å². The van der Waals surface area contributed by atoms with Gasteiger partial charge in [-0.25, -0.2) is 9.36 Å². The van der Waals surface area contributed by atoms with Gasteiger partial charge in [0.2, 0.25) is 0 Å². The third-order valence-electron chi connectivity index (χ3n) is 4.89. The molecule has 7 nitrogen and oxygen atoms in total. The SMILES string of the molecule is Cc1c(C(=O)NCCn2nc3c(cc2=O)CCC3)cnn1-c1ccccc1. The zero-order valence-corrected chi connectivity index (χ0v) is 15.2. The van der Waals surface area contributed by atoms with Gasteiger partial charge in [-0.15, -0.1) is 0 Å². The van der Waals surface area contributed by atoms with Crippen molar-refractivity contribution in [3.05, 3.63) is 75.5 Å². The molecule has 0 saturated carbocycles. The molecular weight excluding hydrogens is 342 g/mol. The molecule has 138 valence electrons. The number of rotatable bonds is 5. The van der Waals surface area contributed by atoms with Gasteiger partial charge in [-0.2, -0.15) is 10.2 Å². The number of para-hydroxylation sites is 1. The van der Waals surface area contributed by atoms with E-state index in [1.165, 1.54) is 4.68 Å². The topological polar surface area (TPSA) is 81.8 Å². The molecule has 0 bridgehead atoms. The molecule has 2 heterocycles. The summed E-state index contributed by atoms with van der Waals surface area (Å²) in [6, 6.07) is 11.3. The molecule has 3 aromatic rings. The van der Waals surface area contributed by atoms with Crippen LogP contribution in [-0.2, 0) is 19.4 Å². The monoisotopic (exact) mass is 363 g/mol. The highest BCUT2D eigenvalue weighted by molar-refractivity contribution is 5.95. The van der Waals surface area contributed by atoms with Gasteiger partial charge in [0.1, 0.15) is 0 Å². The fraction of sp³-hybridized carbons (Fsp3) is 0.300. The fourth-order valence-corrected chi connectivity index (χ4v) is 3.43. The maximum absolute atomic E-state index is 12.5. The van der Waals surface area contributed by atoms with E-state index in [0.717, 1.165) is 41.9 Å². The zero-order chi connectivity index (χ0) is 18.8. The maximum atomic E-state index is 12.5. The Hall–Kier alpha value is -3.22. The van der Waals surface area contributed by atoms with Crippen molar-refractivity contribution < 1.29 is 4.79 Å². The van der Waals surface area contributed by atoms with E-state index in [2.05, 4.69) is 15.5 Å². The van der Waals surface area contributed by atoms with Crippen LogP contribution in [0.25, 0.3) is 5.69 Å². The molecule has 0 spiro atoms. The van der Waals surface area contributed by atoms with E-state index in [4.69, 9.17) is 0 Å². The number of fused-ring (bicyclic) bond motifs is 1. The van der Waals surface area contributed by atoms with Crippen molar-refractivity contribution in [3.8, 4) is 5.69 Å². The lowest BCUT2D eigenvalue weighted by Gasteiger charge is -2.09. The third-order valence-corrected chi connectivity index (χ3v) is 4.89. The minimum atomic E-state index is -0.205. The minimum absolute atomic E-state index is 0.113. The van der Waals surface area contributed by atoms with Crippen LogP contribution in [0.5, 0.6) is 0 Å². The van der Waals surface area contributed by atoms with Crippen LogP contribution in [0.1, 0.15) is 33.7 Å². The van der Waals surface area contributed by atoms with Crippen molar-refractivity contribution in [2.75, 3.05) is 6.54 Å². The summed E-state index contributed by atoms with van der Waals surface area (Å²) in [5.74, 6) is -0.205. The van der Waals surface area contributed by atoms with Gasteiger partial charge in [-0.1, -0.05) is 18.2 Å². The van der Waals surface area contributed by atoms with E-state index in [9.17, 15) is 9.59 Å². The second kappa shape index (κ2) is 7.19. The number of hydrogen-bond acceptors (Lipinski definition) is 4. The first-order valence-corrected chi connectivity index (χ1v) is 9.11. The van der Waals surface area contributed by atoms with E-state index in [1.54, 1.807) is 16.9 Å². The van der Waals surface area contributed by atoms with Gasteiger partial charge in [0, 0.05) is 12.6 Å². The lowest BCUT2D eigenvalue weighted by atomic mass is 10.2. The standard InChI is InChI=1S/C20H21N5O2/c1-14-17(13-22-25(14)16-7-3-2-4-8-16)20(27)21-10-11-24-19(26)12-15-6-5-9-18(15)23-24/h2-4,7-8,12-13H,5-6,9-11H2,1H3,(H,21,27). The third kappa shape index (κ3) is 3.40. The predicted octanol–water partition coefficient (Wildman–Crippen LogP) is 1.66. The van der Waals surface area contributed by atoms with Gasteiger partial charge < -0.3 is 5.32 Å². The molecule has 0 atom stereocenters. The molecule has 0 radical (unpaired) electrons. The number of hydrogen-bond donors (Lipinski definition) is 1. The van der Waals surface area contributed by atoms with Gasteiger partial charge in [0.05, 0.1) is 35.4 Å². The van der Waals surface area contributed by atoms with E-state index in [1.807, 2.05) is 37.3 Å². The van der Waals surface area contributed by atoms with Crippen molar-refractivity contribution in [1.82, 2.24) is 24.9 Å².